The highest BCUT2D eigenvalue weighted by Gasteiger charge is 1.93. The van der Waals surface area contributed by atoms with Crippen LogP contribution in [0.2, 0.25) is 0 Å². The summed E-state index contributed by atoms with van der Waals surface area (Å²) in [6.45, 7) is 2.29. The summed E-state index contributed by atoms with van der Waals surface area (Å²) in [5.74, 6) is 0. The third-order valence-electron chi connectivity index (χ3n) is 1.83. The van der Waals surface area contributed by atoms with E-state index in [1.54, 1.807) is 0 Å². The highest BCUT2D eigenvalue weighted by molar-refractivity contribution is 5.15. The molecule has 2 heteroatoms. The molecule has 0 fully saturated rings. The molecule has 1 rings (SSSR count). The average Bonchev–Trinajstić information content (AvgIpc) is 2.05. The minimum absolute atomic E-state index is 0.296. The molecule has 1 heterocycles. The van der Waals surface area contributed by atoms with E-state index in [2.05, 4.69) is 11.1 Å². The molecule has 66 valence electrons. The maximum absolute atomic E-state index is 8.59. The predicted molar refractivity (Wildman–Crippen MR) is 49.0 cm³/mol. The van der Waals surface area contributed by atoms with Crippen LogP contribution in [0.1, 0.15) is 24.1 Å². The van der Waals surface area contributed by atoms with Gasteiger partial charge in [0, 0.05) is 18.5 Å². The van der Waals surface area contributed by atoms with Gasteiger partial charge in [-0.15, -0.1) is 0 Å². The molecule has 12 heavy (non-hydrogen) atoms. The molecule has 1 aromatic heterocycles. The largest absolute Gasteiger partial charge is 0.396 e. The molecule has 0 unspecified atom stereocenters. The number of aryl methyl sites for hydroxylation is 2. The van der Waals surface area contributed by atoms with Gasteiger partial charge in [0.2, 0.25) is 0 Å². The Morgan fingerprint density at radius 3 is 2.92 bits per heavy atom. The molecule has 0 amide bonds. The van der Waals surface area contributed by atoms with Gasteiger partial charge >= 0.3 is 0 Å². The van der Waals surface area contributed by atoms with Crippen LogP contribution in [-0.4, -0.2) is 16.7 Å². The number of pyridine rings is 1. The monoisotopic (exact) mass is 165 g/mol. The Balaban J connectivity index is 2.41. The van der Waals surface area contributed by atoms with Crippen molar-refractivity contribution < 1.29 is 5.11 Å². The molecule has 0 bridgehead atoms. The summed E-state index contributed by atoms with van der Waals surface area (Å²) in [6.07, 6.45) is 4.83. The molecule has 0 aliphatic rings. The van der Waals surface area contributed by atoms with Gasteiger partial charge < -0.3 is 5.11 Å². The number of nitrogens with zero attached hydrogens (tertiary/aromatic N) is 1. The van der Waals surface area contributed by atoms with Crippen molar-refractivity contribution in [1.82, 2.24) is 4.98 Å². The fraction of sp³-hybridized carbons (Fsp3) is 0.500. The third kappa shape index (κ3) is 3.01. The van der Waals surface area contributed by atoms with Crippen molar-refractivity contribution in [3.05, 3.63) is 29.6 Å². The lowest BCUT2D eigenvalue weighted by Gasteiger charge is -2.00. The highest BCUT2D eigenvalue weighted by Crippen LogP contribution is 2.05. The van der Waals surface area contributed by atoms with Gasteiger partial charge in [-0.1, -0.05) is 0 Å². The Kier molecular flexibility index (Phi) is 3.74. The number of unbranched alkanes of at least 4 members (excludes halogenated alkanes) is 1. The molecule has 0 saturated heterocycles. The van der Waals surface area contributed by atoms with Gasteiger partial charge in [0.15, 0.2) is 0 Å². The summed E-state index contributed by atoms with van der Waals surface area (Å²) < 4.78 is 0. The van der Waals surface area contributed by atoms with Crippen LogP contribution in [0.5, 0.6) is 0 Å². The smallest absolute Gasteiger partial charge is 0.0431 e. The predicted octanol–water partition coefficient (Wildman–Crippen LogP) is 1.71. The Hall–Kier alpha value is -0.890. The molecular weight excluding hydrogens is 150 g/mol. The van der Waals surface area contributed by atoms with Crippen LogP contribution in [0.3, 0.4) is 0 Å². The molecule has 1 aromatic rings. The molecule has 0 spiro atoms. The maximum atomic E-state index is 8.59. The highest BCUT2D eigenvalue weighted by atomic mass is 16.2. The maximum Gasteiger partial charge on any atom is 0.0431 e. The quantitative estimate of drug-likeness (QED) is 0.689. The first-order valence-corrected chi connectivity index (χ1v) is 4.35. The lowest BCUT2D eigenvalue weighted by atomic mass is 10.1. The zero-order valence-electron chi connectivity index (χ0n) is 7.45. The van der Waals surface area contributed by atoms with E-state index in [9.17, 15) is 0 Å². The van der Waals surface area contributed by atoms with Crippen molar-refractivity contribution in [1.29, 1.82) is 0 Å². The molecule has 0 aliphatic carbocycles. The van der Waals surface area contributed by atoms with Crippen molar-refractivity contribution in [2.45, 2.75) is 26.2 Å². The first-order valence-electron chi connectivity index (χ1n) is 4.35. The second-order valence-corrected chi connectivity index (χ2v) is 2.99. The zero-order valence-corrected chi connectivity index (χ0v) is 7.45. The van der Waals surface area contributed by atoms with Gasteiger partial charge in [-0.3, -0.25) is 4.98 Å². The first-order chi connectivity index (χ1) is 5.83. The van der Waals surface area contributed by atoms with E-state index >= 15 is 0 Å². The van der Waals surface area contributed by atoms with E-state index in [-0.39, 0.29) is 0 Å². The van der Waals surface area contributed by atoms with Crippen molar-refractivity contribution >= 4 is 0 Å². The second kappa shape index (κ2) is 4.88. The van der Waals surface area contributed by atoms with E-state index in [1.807, 2.05) is 19.2 Å². The van der Waals surface area contributed by atoms with Gasteiger partial charge in [-0.05, 0) is 43.9 Å². The number of aromatic nitrogens is 1. The van der Waals surface area contributed by atoms with E-state index in [0.717, 1.165) is 25.0 Å². The summed E-state index contributed by atoms with van der Waals surface area (Å²) in [6, 6.07) is 4.13. The van der Waals surface area contributed by atoms with Crippen LogP contribution in [0, 0.1) is 6.92 Å². The number of hydrogen-bond donors (Lipinski definition) is 1. The molecule has 0 aliphatic heterocycles. The lowest BCUT2D eigenvalue weighted by Crippen LogP contribution is -1.90. The molecular formula is C10H15NO. The topological polar surface area (TPSA) is 33.1 Å². The minimum Gasteiger partial charge on any atom is -0.396 e. The van der Waals surface area contributed by atoms with Gasteiger partial charge in [0.05, 0.1) is 0 Å². The normalized spacial score (nSPS) is 10.2. The summed E-state index contributed by atoms with van der Waals surface area (Å²) in [4.78, 5) is 4.12. The molecule has 0 saturated carbocycles. The van der Waals surface area contributed by atoms with E-state index in [0.29, 0.717) is 6.61 Å². The minimum atomic E-state index is 0.296. The molecule has 0 radical (unpaired) electrons. The van der Waals surface area contributed by atoms with E-state index < -0.39 is 0 Å². The standard InChI is InChI=1S/C10H15NO/c1-9-8-10(5-6-11-9)4-2-3-7-12/h5-6,8,12H,2-4,7H2,1H3. The summed E-state index contributed by atoms with van der Waals surface area (Å²) in [7, 11) is 0. The molecule has 1 N–H and O–H groups in total. The van der Waals surface area contributed by atoms with Crippen LogP contribution in [-0.2, 0) is 6.42 Å². The summed E-state index contributed by atoms with van der Waals surface area (Å²) in [5, 5.41) is 8.59. The summed E-state index contributed by atoms with van der Waals surface area (Å²) in [5.41, 5.74) is 2.38. The third-order valence-corrected chi connectivity index (χ3v) is 1.83. The van der Waals surface area contributed by atoms with Gasteiger partial charge in [-0.2, -0.15) is 0 Å². The van der Waals surface area contributed by atoms with Crippen molar-refractivity contribution in [2.75, 3.05) is 6.61 Å². The Labute approximate surface area is 73.3 Å². The number of aliphatic hydroxyl groups is 1. The van der Waals surface area contributed by atoms with Crippen molar-refractivity contribution in [2.24, 2.45) is 0 Å². The number of aliphatic hydroxyl groups excluding tert-OH is 1. The van der Waals surface area contributed by atoms with Crippen molar-refractivity contribution in [3.63, 3.8) is 0 Å². The molecule has 0 atom stereocenters. The fourth-order valence-electron chi connectivity index (χ4n) is 1.20. The van der Waals surface area contributed by atoms with Crippen LogP contribution in [0.4, 0.5) is 0 Å². The Bertz CT molecular complexity index is 235. The molecule has 0 aromatic carbocycles. The lowest BCUT2D eigenvalue weighted by molar-refractivity contribution is 0.284. The molecule has 2 nitrogen and oxygen atoms in total. The zero-order chi connectivity index (χ0) is 8.81. The van der Waals surface area contributed by atoms with Crippen LogP contribution >= 0.6 is 0 Å². The average molecular weight is 165 g/mol. The van der Waals surface area contributed by atoms with Gasteiger partial charge in [0.1, 0.15) is 0 Å². The first kappa shape index (κ1) is 9.20. The van der Waals surface area contributed by atoms with Crippen molar-refractivity contribution in [3.8, 4) is 0 Å². The number of rotatable bonds is 4. The van der Waals surface area contributed by atoms with E-state index in [4.69, 9.17) is 5.11 Å². The SMILES string of the molecule is Cc1cc(CCCCO)ccn1. The second-order valence-electron chi connectivity index (χ2n) is 2.99. The van der Waals surface area contributed by atoms with Crippen LogP contribution in [0.15, 0.2) is 18.3 Å². The number of hydrogen-bond acceptors (Lipinski definition) is 2. The summed E-state index contributed by atoms with van der Waals surface area (Å²) >= 11 is 0. The Morgan fingerprint density at radius 1 is 1.42 bits per heavy atom. The van der Waals surface area contributed by atoms with E-state index in [1.165, 1.54) is 5.56 Å². The Morgan fingerprint density at radius 2 is 2.25 bits per heavy atom. The fourth-order valence-corrected chi connectivity index (χ4v) is 1.20. The van der Waals surface area contributed by atoms with Crippen LogP contribution in [0.25, 0.3) is 0 Å². The van der Waals surface area contributed by atoms with Gasteiger partial charge in [0.25, 0.3) is 0 Å². The van der Waals surface area contributed by atoms with Crippen LogP contribution < -0.4 is 0 Å². The van der Waals surface area contributed by atoms with Gasteiger partial charge in [-0.25, -0.2) is 0 Å².